The first-order valence-corrected chi connectivity index (χ1v) is 12.1. The van der Waals surface area contributed by atoms with E-state index in [-0.39, 0.29) is 22.4 Å². The highest BCUT2D eigenvalue weighted by Gasteiger charge is 2.30. The SMILES string of the molecule is CCN=C1NN(C(=O)c2cc(=O)oc3cc(OCC)ccc23)C(c2cc3ccccc3oc2=O)=CS1. The van der Waals surface area contributed by atoms with Crippen LogP contribution in [0.15, 0.2) is 83.4 Å². The highest BCUT2D eigenvalue weighted by molar-refractivity contribution is 8.16. The first kappa shape index (κ1) is 23.4. The lowest BCUT2D eigenvalue weighted by Gasteiger charge is -2.30. The minimum atomic E-state index is -0.691. The van der Waals surface area contributed by atoms with Crippen LogP contribution in [0.25, 0.3) is 27.6 Å². The summed E-state index contributed by atoms with van der Waals surface area (Å²) in [5, 5.41) is 4.45. The number of hydrogen-bond donors (Lipinski definition) is 1. The summed E-state index contributed by atoms with van der Waals surface area (Å²) in [5.74, 6) is -0.0584. The predicted molar refractivity (Wildman–Crippen MR) is 139 cm³/mol. The molecule has 182 valence electrons. The van der Waals surface area contributed by atoms with Gasteiger partial charge in [0, 0.05) is 34.9 Å². The summed E-state index contributed by atoms with van der Waals surface area (Å²) in [4.78, 5) is 43.5. The molecular formula is C26H21N3O6S. The third-order valence-electron chi connectivity index (χ3n) is 5.41. The number of benzene rings is 2. The molecule has 0 atom stereocenters. The number of ether oxygens (including phenoxy) is 1. The van der Waals surface area contributed by atoms with Crippen LogP contribution in [-0.4, -0.2) is 29.2 Å². The summed E-state index contributed by atoms with van der Waals surface area (Å²) >= 11 is 1.24. The van der Waals surface area contributed by atoms with Crippen molar-refractivity contribution in [3.63, 3.8) is 0 Å². The lowest BCUT2D eigenvalue weighted by atomic mass is 10.1. The molecule has 5 rings (SSSR count). The number of hydrogen-bond acceptors (Lipinski definition) is 8. The third-order valence-corrected chi connectivity index (χ3v) is 6.19. The van der Waals surface area contributed by atoms with Gasteiger partial charge in [0.2, 0.25) is 0 Å². The molecule has 4 aromatic rings. The Morgan fingerprint density at radius 2 is 1.89 bits per heavy atom. The van der Waals surface area contributed by atoms with Crippen molar-refractivity contribution in [1.82, 2.24) is 10.4 Å². The van der Waals surface area contributed by atoms with E-state index in [1.54, 1.807) is 41.8 Å². The van der Waals surface area contributed by atoms with Gasteiger partial charge in [0.1, 0.15) is 16.9 Å². The Kier molecular flexibility index (Phi) is 6.34. The lowest BCUT2D eigenvalue weighted by molar-refractivity contribution is 0.0808. The van der Waals surface area contributed by atoms with Crippen LogP contribution in [0.3, 0.4) is 0 Å². The zero-order valence-electron chi connectivity index (χ0n) is 19.4. The minimum absolute atomic E-state index is 0.0932. The van der Waals surface area contributed by atoms with Gasteiger partial charge >= 0.3 is 11.3 Å². The standard InChI is InChI=1S/C26H21N3O6S/c1-3-27-26-28-29(20(14-36-26)19-11-15-7-5-6-8-21(15)35-25(19)32)24(31)18-13-23(30)34-22-12-16(33-4-2)9-10-17(18)22/h5-14H,3-4H2,1-2H3,(H,27,28). The summed E-state index contributed by atoms with van der Waals surface area (Å²) in [7, 11) is 0. The van der Waals surface area contributed by atoms with Crippen LogP contribution in [0.4, 0.5) is 0 Å². The summed E-state index contributed by atoms with van der Waals surface area (Å²) in [6.07, 6.45) is 0. The van der Waals surface area contributed by atoms with E-state index in [1.165, 1.54) is 16.8 Å². The van der Waals surface area contributed by atoms with E-state index >= 15 is 0 Å². The molecule has 3 heterocycles. The van der Waals surface area contributed by atoms with Crippen LogP contribution in [-0.2, 0) is 0 Å². The maximum absolute atomic E-state index is 13.9. The summed E-state index contributed by atoms with van der Waals surface area (Å²) in [6.45, 7) is 4.62. The normalized spacial score (nSPS) is 14.7. The monoisotopic (exact) mass is 503 g/mol. The van der Waals surface area contributed by atoms with Gasteiger partial charge in [-0.25, -0.2) is 14.6 Å². The number of nitrogens with one attached hydrogen (secondary N) is 1. The zero-order valence-corrected chi connectivity index (χ0v) is 20.3. The number of amides is 1. The molecule has 0 spiro atoms. The van der Waals surface area contributed by atoms with E-state index in [0.29, 0.717) is 40.4 Å². The van der Waals surface area contributed by atoms with Crippen LogP contribution >= 0.6 is 11.8 Å². The molecule has 1 N–H and O–H groups in total. The van der Waals surface area contributed by atoms with Crippen molar-refractivity contribution in [3.05, 3.63) is 92.0 Å². The molecule has 0 saturated heterocycles. The molecule has 1 aliphatic rings. The fraction of sp³-hybridized carbons (Fsp3) is 0.154. The molecule has 0 fully saturated rings. The van der Waals surface area contributed by atoms with Gasteiger partial charge in [-0.1, -0.05) is 30.0 Å². The largest absolute Gasteiger partial charge is 0.494 e. The summed E-state index contributed by atoms with van der Waals surface area (Å²) in [6, 6.07) is 14.8. The Hall–Kier alpha value is -4.31. The van der Waals surface area contributed by atoms with Gasteiger partial charge in [-0.15, -0.1) is 0 Å². The average Bonchev–Trinajstić information content (AvgIpc) is 2.87. The number of aliphatic imine (C=N–C) groups is 1. The Bertz CT molecular complexity index is 1670. The Morgan fingerprint density at radius 3 is 2.69 bits per heavy atom. The summed E-state index contributed by atoms with van der Waals surface area (Å²) < 4.78 is 16.3. The molecule has 0 saturated carbocycles. The van der Waals surface area contributed by atoms with Crippen LogP contribution in [0.2, 0.25) is 0 Å². The lowest BCUT2D eigenvalue weighted by Crippen LogP contribution is -2.46. The van der Waals surface area contributed by atoms with Crippen molar-refractivity contribution < 1.29 is 18.4 Å². The van der Waals surface area contributed by atoms with E-state index in [9.17, 15) is 14.4 Å². The van der Waals surface area contributed by atoms with E-state index in [2.05, 4.69) is 10.4 Å². The van der Waals surface area contributed by atoms with Crippen LogP contribution in [0, 0.1) is 0 Å². The van der Waals surface area contributed by atoms with E-state index in [4.69, 9.17) is 13.6 Å². The molecule has 1 aliphatic heterocycles. The van der Waals surface area contributed by atoms with Gasteiger partial charge in [0.15, 0.2) is 5.17 Å². The second kappa shape index (κ2) is 9.74. The smallest absolute Gasteiger partial charge is 0.345 e. The highest BCUT2D eigenvalue weighted by Crippen LogP contribution is 2.30. The second-order valence-corrected chi connectivity index (χ2v) is 8.57. The molecule has 2 aromatic carbocycles. The molecule has 0 aliphatic carbocycles. The van der Waals surface area contributed by atoms with Crippen LogP contribution < -0.4 is 21.4 Å². The number of nitrogens with zero attached hydrogens (tertiary/aromatic N) is 2. The molecule has 10 heteroatoms. The third kappa shape index (κ3) is 4.38. The Labute approximate surface area is 209 Å². The van der Waals surface area contributed by atoms with Gasteiger partial charge in [-0.2, -0.15) is 0 Å². The molecule has 0 bridgehead atoms. The van der Waals surface area contributed by atoms with E-state index < -0.39 is 17.2 Å². The predicted octanol–water partition coefficient (Wildman–Crippen LogP) is 4.37. The number of carbonyl (C=O) groups excluding carboxylic acids is 1. The van der Waals surface area contributed by atoms with Gasteiger partial charge in [0.25, 0.3) is 5.91 Å². The van der Waals surface area contributed by atoms with E-state index in [0.717, 1.165) is 6.07 Å². The fourth-order valence-corrected chi connectivity index (χ4v) is 4.65. The maximum Gasteiger partial charge on any atom is 0.345 e. The Morgan fingerprint density at radius 1 is 1.06 bits per heavy atom. The van der Waals surface area contributed by atoms with Gasteiger partial charge in [-0.05, 0) is 38.1 Å². The summed E-state index contributed by atoms with van der Waals surface area (Å²) in [5.41, 5.74) is 2.88. The van der Waals surface area contributed by atoms with Crippen molar-refractivity contribution in [2.24, 2.45) is 4.99 Å². The Balaban J connectivity index is 1.65. The molecular weight excluding hydrogens is 482 g/mol. The average molecular weight is 504 g/mol. The number of fused-ring (bicyclic) bond motifs is 2. The number of hydrazine groups is 1. The first-order valence-electron chi connectivity index (χ1n) is 11.2. The number of rotatable bonds is 5. The van der Waals surface area contributed by atoms with Gasteiger partial charge < -0.3 is 13.6 Å². The van der Waals surface area contributed by atoms with Gasteiger partial charge in [-0.3, -0.25) is 15.2 Å². The molecule has 2 aromatic heterocycles. The number of amidine groups is 1. The maximum atomic E-state index is 13.9. The zero-order chi connectivity index (χ0) is 25.2. The van der Waals surface area contributed by atoms with Crippen molar-refractivity contribution in [2.45, 2.75) is 13.8 Å². The van der Waals surface area contributed by atoms with Crippen LogP contribution in [0.5, 0.6) is 5.75 Å². The number of thioether (sulfide) groups is 1. The van der Waals surface area contributed by atoms with Crippen LogP contribution in [0.1, 0.15) is 29.8 Å². The molecule has 1 amide bonds. The first-order chi connectivity index (χ1) is 17.5. The molecule has 0 radical (unpaired) electrons. The van der Waals surface area contributed by atoms with Crippen molar-refractivity contribution in [2.75, 3.05) is 13.2 Å². The number of carbonyl (C=O) groups is 1. The second-order valence-electron chi connectivity index (χ2n) is 7.71. The van der Waals surface area contributed by atoms with Crippen molar-refractivity contribution in [1.29, 1.82) is 0 Å². The minimum Gasteiger partial charge on any atom is -0.494 e. The fourth-order valence-electron chi connectivity index (χ4n) is 3.84. The number of para-hydroxylation sites is 1. The molecule has 0 unspecified atom stereocenters. The highest BCUT2D eigenvalue weighted by atomic mass is 32.2. The van der Waals surface area contributed by atoms with E-state index in [1.807, 2.05) is 26.0 Å². The quantitative estimate of drug-likeness (QED) is 0.400. The van der Waals surface area contributed by atoms with Crippen molar-refractivity contribution in [3.8, 4) is 5.75 Å². The topological polar surface area (TPSA) is 114 Å². The molecule has 36 heavy (non-hydrogen) atoms. The van der Waals surface area contributed by atoms with Crippen molar-refractivity contribution >= 4 is 50.5 Å². The molecule has 9 nitrogen and oxygen atoms in total. The van der Waals surface area contributed by atoms with Gasteiger partial charge in [0.05, 0.1) is 23.4 Å².